The molecule has 6 heteroatoms. The number of likely N-dealkylation sites (tertiary alicyclic amines) is 1. The standard InChI is InChI=1S/C21H25N3O3/c1-16(21(25)22-19-9-5-6-10-20(19)24(26)27)23-13-11-18(12-14-23)15-17-7-3-2-4-8-17/h2-10,16,18H,11-15H2,1H3,(H,22,25). The molecule has 1 N–H and O–H groups in total. The Morgan fingerprint density at radius 1 is 1.15 bits per heavy atom. The van der Waals surface area contributed by atoms with Crippen LogP contribution in [0, 0.1) is 16.0 Å². The number of hydrogen-bond acceptors (Lipinski definition) is 4. The van der Waals surface area contributed by atoms with Gasteiger partial charge in [-0.25, -0.2) is 0 Å². The summed E-state index contributed by atoms with van der Waals surface area (Å²) in [5.74, 6) is 0.430. The van der Waals surface area contributed by atoms with Crippen molar-refractivity contribution in [1.82, 2.24) is 4.90 Å². The van der Waals surface area contributed by atoms with Crippen LogP contribution in [0.5, 0.6) is 0 Å². The molecule has 0 aromatic heterocycles. The van der Waals surface area contributed by atoms with Crippen molar-refractivity contribution in [3.8, 4) is 0 Å². The van der Waals surface area contributed by atoms with Crippen molar-refractivity contribution in [2.75, 3.05) is 18.4 Å². The molecule has 0 spiro atoms. The van der Waals surface area contributed by atoms with E-state index in [4.69, 9.17) is 0 Å². The van der Waals surface area contributed by atoms with E-state index in [0.29, 0.717) is 5.92 Å². The van der Waals surface area contributed by atoms with Gasteiger partial charge in [0.25, 0.3) is 5.69 Å². The lowest BCUT2D eigenvalue weighted by Gasteiger charge is -2.35. The van der Waals surface area contributed by atoms with Gasteiger partial charge in [0.15, 0.2) is 0 Å². The number of amides is 1. The summed E-state index contributed by atoms with van der Waals surface area (Å²) in [6.07, 6.45) is 3.18. The van der Waals surface area contributed by atoms with E-state index in [0.717, 1.165) is 32.4 Å². The number of anilines is 1. The van der Waals surface area contributed by atoms with Gasteiger partial charge in [0.1, 0.15) is 5.69 Å². The molecule has 1 amide bonds. The molecule has 0 saturated carbocycles. The smallest absolute Gasteiger partial charge is 0.292 e. The van der Waals surface area contributed by atoms with Crippen molar-refractivity contribution in [1.29, 1.82) is 0 Å². The molecule has 142 valence electrons. The second kappa shape index (κ2) is 8.77. The van der Waals surface area contributed by atoms with Gasteiger partial charge in [-0.3, -0.25) is 19.8 Å². The van der Waals surface area contributed by atoms with Gasteiger partial charge in [-0.15, -0.1) is 0 Å². The van der Waals surface area contributed by atoms with Gasteiger partial charge >= 0.3 is 0 Å². The van der Waals surface area contributed by atoms with Crippen LogP contribution in [0.3, 0.4) is 0 Å². The van der Waals surface area contributed by atoms with Gasteiger partial charge < -0.3 is 5.32 Å². The lowest BCUT2D eigenvalue weighted by molar-refractivity contribution is -0.383. The molecule has 1 aliphatic heterocycles. The highest BCUT2D eigenvalue weighted by Crippen LogP contribution is 2.25. The molecule has 1 aliphatic rings. The number of benzene rings is 2. The molecule has 0 radical (unpaired) electrons. The van der Waals surface area contributed by atoms with Gasteiger partial charge in [-0.1, -0.05) is 42.5 Å². The molecule has 1 unspecified atom stereocenters. The molecule has 6 nitrogen and oxygen atoms in total. The summed E-state index contributed by atoms with van der Waals surface area (Å²) in [6.45, 7) is 3.59. The molecule has 27 heavy (non-hydrogen) atoms. The number of piperidine rings is 1. The minimum Gasteiger partial charge on any atom is -0.319 e. The Morgan fingerprint density at radius 2 is 1.78 bits per heavy atom. The number of carbonyl (C=O) groups is 1. The van der Waals surface area contributed by atoms with Crippen molar-refractivity contribution in [3.63, 3.8) is 0 Å². The number of nitrogens with zero attached hydrogens (tertiary/aromatic N) is 2. The lowest BCUT2D eigenvalue weighted by Crippen LogP contribution is -2.46. The lowest BCUT2D eigenvalue weighted by atomic mass is 9.89. The first kappa shape index (κ1) is 19.0. The monoisotopic (exact) mass is 367 g/mol. The molecule has 0 bridgehead atoms. The van der Waals surface area contributed by atoms with E-state index in [1.165, 1.54) is 11.6 Å². The number of nitro groups is 1. The van der Waals surface area contributed by atoms with E-state index in [2.05, 4.69) is 34.5 Å². The summed E-state index contributed by atoms with van der Waals surface area (Å²) in [5, 5.41) is 13.8. The van der Waals surface area contributed by atoms with Crippen LogP contribution in [0.25, 0.3) is 0 Å². The van der Waals surface area contributed by atoms with Gasteiger partial charge in [0.2, 0.25) is 5.91 Å². The Bertz CT molecular complexity index is 786. The number of rotatable bonds is 6. The number of carbonyl (C=O) groups excluding carboxylic acids is 1. The van der Waals surface area contributed by atoms with E-state index in [9.17, 15) is 14.9 Å². The summed E-state index contributed by atoms with van der Waals surface area (Å²) in [5.41, 5.74) is 1.52. The fourth-order valence-corrected chi connectivity index (χ4v) is 3.63. The summed E-state index contributed by atoms with van der Waals surface area (Å²) in [4.78, 5) is 25.4. The first-order valence-corrected chi connectivity index (χ1v) is 9.37. The Balaban J connectivity index is 1.54. The van der Waals surface area contributed by atoms with Crippen LogP contribution in [0.1, 0.15) is 25.3 Å². The highest BCUT2D eigenvalue weighted by atomic mass is 16.6. The molecule has 1 fully saturated rings. The highest BCUT2D eigenvalue weighted by molar-refractivity contribution is 5.96. The van der Waals surface area contributed by atoms with Crippen molar-refractivity contribution in [2.45, 2.75) is 32.2 Å². The molecular formula is C21H25N3O3. The second-order valence-electron chi connectivity index (χ2n) is 7.11. The molecule has 1 heterocycles. The topological polar surface area (TPSA) is 75.5 Å². The Hall–Kier alpha value is -2.73. The van der Waals surface area contributed by atoms with E-state index < -0.39 is 4.92 Å². The predicted molar refractivity (Wildman–Crippen MR) is 106 cm³/mol. The van der Waals surface area contributed by atoms with Gasteiger partial charge in [-0.05, 0) is 56.8 Å². The fourth-order valence-electron chi connectivity index (χ4n) is 3.63. The molecule has 2 aromatic carbocycles. The van der Waals surface area contributed by atoms with Gasteiger partial charge in [-0.2, -0.15) is 0 Å². The Kier molecular flexibility index (Phi) is 6.19. The van der Waals surface area contributed by atoms with Crippen LogP contribution in [0.15, 0.2) is 54.6 Å². The second-order valence-corrected chi connectivity index (χ2v) is 7.11. The van der Waals surface area contributed by atoms with E-state index in [1.54, 1.807) is 18.2 Å². The summed E-state index contributed by atoms with van der Waals surface area (Å²) in [7, 11) is 0. The zero-order valence-electron chi connectivity index (χ0n) is 15.5. The van der Waals surface area contributed by atoms with Crippen LogP contribution >= 0.6 is 0 Å². The quantitative estimate of drug-likeness (QED) is 0.621. The maximum atomic E-state index is 12.6. The van der Waals surface area contributed by atoms with E-state index in [1.807, 2.05) is 13.0 Å². The third-order valence-electron chi connectivity index (χ3n) is 5.30. The first-order chi connectivity index (χ1) is 13.0. The largest absolute Gasteiger partial charge is 0.319 e. The molecule has 1 saturated heterocycles. The van der Waals surface area contributed by atoms with Gasteiger partial charge in [0.05, 0.1) is 11.0 Å². The number of para-hydroxylation sites is 2. The first-order valence-electron chi connectivity index (χ1n) is 9.37. The Morgan fingerprint density at radius 3 is 2.44 bits per heavy atom. The Labute approximate surface area is 159 Å². The van der Waals surface area contributed by atoms with E-state index >= 15 is 0 Å². The third-order valence-corrected chi connectivity index (χ3v) is 5.30. The number of nitrogens with one attached hydrogen (secondary N) is 1. The van der Waals surface area contributed by atoms with E-state index in [-0.39, 0.29) is 23.3 Å². The zero-order chi connectivity index (χ0) is 19.2. The fraction of sp³-hybridized carbons (Fsp3) is 0.381. The highest BCUT2D eigenvalue weighted by Gasteiger charge is 2.27. The van der Waals surface area contributed by atoms with Crippen molar-refractivity contribution in [2.24, 2.45) is 5.92 Å². The van der Waals surface area contributed by atoms with Crippen LogP contribution in [-0.2, 0) is 11.2 Å². The number of hydrogen-bond donors (Lipinski definition) is 1. The normalized spacial score (nSPS) is 16.6. The molecule has 0 aliphatic carbocycles. The maximum absolute atomic E-state index is 12.6. The molecule has 3 rings (SSSR count). The summed E-state index contributed by atoms with van der Waals surface area (Å²) < 4.78 is 0. The zero-order valence-corrected chi connectivity index (χ0v) is 15.5. The van der Waals surface area contributed by atoms with Crippen LogP contribution in [-0.4, -0.2) is 34.9 Å². The summed E-state index contributed by atoms with van der Waals surface area (Å²) >= 11 is 0. The minimum absolute atomic E-state index is 0.0837. The number of nitro benzene ring substituents is 1. The van der Waals surface area contributed by atoms with Crippen LogP contribution in [0.2, 0.25) is 0 Å². The molecule has 2 aromatic rings. The van der Waals surface area contributed by atoms with Gasteiger partial charge in [0, 0.05) is 6.07 Å². The summed E-state index contributed by atoms with van der Waals surface area (Å²) in [6, 6.07) is 16.4. The van der Waals surface area contributed by atoms with Crippen molar-refractivity contribution < 1.29 is 9.72 Å². The molecular weight excluding hydrogens is 342 g/mol. The van der Waals surface area contributed by atoms with Crippen molar-refractivity contribution >= 4 is 17.3 Å². The SMILES string of the molecule is CC(C(=O)Nc1ccccc1[N+](=O)[O-])N1CCC(Cc2ccccc2)CC1. The van der Waals surface area contributed by atoms with Crippen LogP contribution in [0.4, 0.5) is 11.4 Å². The third kappa shape index (κ3) is 4.92. The minimum atomic E-state index is -0.477. The average Bonchev–Trinajstić information content (AvgIpc) is 2.69. The van der Waals surface area contributed by atoms with Crippen molar-refractivity contribution in [3.05, 3.63) is 70.3 Å². The molecule has 1 atom stereocenters. The predicted octanol–water partition coefficient (Wildman–Crippen LogP) is 3.88. The average molecular weight is 367 g/mol. The maximum Gasteiger partial charge on any atom is 0.292 e. The van der Waals surface area contributed by atoms with Crippen LogP contribution < -0.4 is 5.32 Å².